The SMILES string of the molecule is Cc1cc(NC2=CN(Sc3ccc(NS(=O)(=O)CC(C)C)cc3)Cc3nccn32)n[nH]1. The lowest BCUT2D eigenvalue weighted by molar-refractivity contribution is 0.562. The number of hydrogen-bond acceptors (Lipinski definition) is 7. The van der Waals surface area contributed by atoms with Crippen molar-refractivity contribution in [3.05, 3.63) is 60.4 Å². The number of aryl methyl sites for hydroxylation is 1. The predicted molar refractivity (Wildman–Crippen MR) is 124 cm³/mol. The number of aromatic amines is 1. The van der Waals surface area contributed by atoms with E-state index < -0.39 is 10.0 Å². The Hall–Kier alpha value is -2.92. The lowest BCUT2D eigenvalue weighted by Gasteiger charge is -2.26. The molecule has 0 radical (unpaired) electrons. The molecule has 0 fully saturated rings. The molecule has 164 valence electrons. The van der Waals surface area contributed by atoms with Crippen molar-refractivity contribution < 1.29 is 8.42 Å². The molecule has 0 unspecified atom stereocenters. The van der Waals surface area contributed by atoms with E-state index in [1.54, 1.807) is 30.3 Å². The van der Waals surface area contributed by atoms with E-state index in [0.717, 1.165) is 28.1 Å². The number of anilines is 2. The number of rotatable bonds is 8. The maximum absolute atomic E-state index is 12.1. The summed E-state index contributed by atoms with van der Waals surface area (Å²) in [5.41, 5.74) is 1.53. The average molecular weight is 460 g/mol. The first-order chi connectivity index (χ1) is 14.8. The molecule has 0 saturated carbocycles. The van der Waals surface area contributed by atoms with Gasteiger partial charge >= 0.3 is 0 Å². The Morgan fingerprint density at radius 2 is 2.03 bits per heavy atom. The van der Waals surface area contributed by atoms with Gasteiger partial charge in [-0.3, -0.25) is 14.4 Å². The molecule has 0 saturated heterocycles. The molecular weight excluding hydrogens is 434 g/mol. The van der Waals surface area contributed by atoms with Gasteiger partial charge in [-0.05, 0) is 49.1 Å². The van der Waals surface area contributed by atoms with Crippen molar-refractivity contribution in [2.75, 3.05) is 15.8 Å². The van der Waals surface area contributed by atoms with Crippen molar-refractivity contribution >= 4 is 39.3 Å². The van der Waals surface area contributed by atoms with Crippen LogP contribution in [0.4, 0.5) is 11.5 Å². The molecule has 0 atom stereocenters. The van der Waals surface area contributed by atoms with E-state index in [1.807, 2.05) is 55.9 Å². The number of aromatic nitrogens is 4. The number of H-pyrrole nitrogens is 1. The third-order valence-corrected chi connectivity index (χ3v) is 7.01. The molecule has 0 aliphatic carbocycles. The number of fused-ring (bicyclic) bond motifs is 1. The van der Waals surface area contributed by atoms with Crippen LogP contribution in [0.5, 0.6) is 0 Å². The van der Waals surface area contributed by atoms with Gasteiger partial charge in [0.25, 0.3) is 0 Å². The number of nitrogens with one attached hydrogen (secondary N) is 3. The molecule has 1 aliphatic rings. The first-order valence-corrected chi connectivity index (χ1v) is 12.3. The fourth-order valence-electron chi connectivity index (χ4n) is 3.20. The van der Waals surface area contributed by atoms with Crippen molar-refractivity contribution in [1.29, 1.82) is 0 Å². The normalized spacial score (nSPS) is 13.8. The average Bonchev–Trinajstić information content (AvgIpc) is 3.31. The van der Waals surface area contributed by atoms with Gasteiger partial charge in [0.1, 0.15) is 11.6 Å². The molecule has 9 nitrogen and oxygen atoms in total. The van der Waals surface area contributed by atoms with E-state index in [4.69, 9.17) is 0 Å². The third kappa shape index (κ3) is 5.42. The first-order valence-electron chi connectivity index (χ1n) is 9.86. The fourth-order valence-corrected chi connectivity index (χ4v) is 5.52. The summed E-state index contributed by atoms with van der Waals surface area (Å²) in [5.74, 6) is 2.64. The van der Waals surface area contributed by atoms with E-state index in [1.165, 1.54) is 0 Å². The number of imidazole rings is 1. The second-order valence-corrected chi connectivity index (χ2v) is 10.6. The summed E-state index contributed by atoms with van der Waals surface area (Å²) < 4.78 is 31.0. The fraction of sp³-hybridized carbons (Fsp3) is 0.300. The molecule has 0 bridgehead atoms. The molecule has 11 heteroatoms. The zero-order valence-electron chi connectivity index (χ0n) is 17.5. The minimum atomic E-state index is -3.34. The Kier molecular flexibility index (Phi) is 5.96. The topological polar surface area (TPSA) is 108 Å². The summed E-state index contributed by atoms with van der Waals surface area (Å²) in [5, 5.41) is 10.5. The van der Waals surface area contributed by atoms with Gasteiger partial charge in [-0.25, -0.2) is 13.4 Å². The lowest BCUT2D eigenvalue weighted by atomic mass is 10.3. The van der Waals surface area contributed by atoms with Crippen molar-refractivity contribution in [2.45, 2.75) is 32.2 Å². The summed E-state index contributed by atoms with van der Waals surface area (Å²) in [6.45, 7) is 6.34. The van der Waals surface area contributed by atoms with Crippen LogP contribution in [0.2, 0.25) is 0 Å². The Labute approximate surface area is 186 Å². The molecular formula is C20H25N7O2S2. The Morgan fingerprint density at radius 3 is 2.71 bits per heavy atom. The standard InChI is InChI=1S/C20H25N7O2S2/c1-14(2)13-31(28,29)25-16-4-6-17(7-5-16)30-26-11-19-21-8-9-27(19)20(12-26)22-18-10-15(3)23-24-18/h4-10,12,14,25H,11,13H2,1-3H3,(H2,22,23,24). The van der Waals surface area contributed by atoms with Crippen molar-refractivity contribution in [3.63, 3.8) is 0 Å². The van der Waals surface area contributed by atoms with Gasteiger partial charge in [-0.2, -0.15) is 5.10 Å². The highest BCUT2D eigenvalue weighted by Crippen LogP contribution is 2.30. The minimum Gasteiger partial charge on any atom is -0.323 e. The van der Waals surface area contributed by atoms with Crippen LogP contribution in [0.25, 0.3) is 5.82 Å². The molecule has 1 aromatic carbocycles. The van der Waals surface area contributed by atoms with Gasteiger partial charge in [-0.1, -0.05) is 13.8 Å². The molecule has 2 aromatic heterocycles. The molecule has 3 aromatic rings. The molecule has 0 amide bonds. The largest absolute Gasteiger partial charge is 0.323 e. The maximum atomic E-state index is 12.1. The lowest BCUT2D eigenvalue weighted by Crippen LogP contribution is -2.23. The van der Waals surface area contributed by atoms with E-state index in [0.29, 0.717) is 12.2 Å². The smallest absolute Gasteiger partial charge is 0.232 e. The Balaban J connectivity index is 1.46. The predicted octanol–water partition coefficient (Wildman–Crippen LogP) is 3.70. The van der Waals surface area contributed by atoms with E-state index in [2.05, 4.69) is 29.5 Å². The van der Waals surface area contributed by atoms with Crippen LogP contribution in [-0.4, -0.2) is 38.2 Å². The van der Waals surface area contributed by atoms with Crippen LogP contribution < -0.4 is 10.0 Å². The van der Waals surface area contributed by atoms with E-state index in [9.17, 15) is 8.42 Å². The summed E-state index contributed by atoms with van der Waals surface area (Å²) in [4.78, 5) is 5.43. The monoisotopic (exact) mass is 459 g/mol. The van der Waals surface area contributed by atoms with Crippen LogP contribution in [0.1, 0.15) is 25.4 Å². The number of benzene rings is 1. The molecule has 0 spiro atoms. The van der Waals surface area contributed by atoms with Crippen LogP contribution in [0.3, 0.4) is 0 Å². The van der Waals surface area contributed by atoms with Crippen LogP contribution >= 0.6 is 11.9 Å². The van der Waals surface area contributed by atoms with Gasteiger partial charge in [0.05, 0.1) is 18.5 Å². The zero-order valence-corrected chi connectivity index (χ0v) is 19.2. The highest BCUT2D eigenvalue weighted by atomic mass is 32.2. The Bertz CT molecular complexity index is 1180. The van der Waals surface area contributed by atoms with E-state index in [-0.39, 0.29) is 11.7 Å². The van der Waals surface area contributed by atoms with Crippen LogP contribution in [0.15, 0.2) is 53.8 Å². The van der Waals surface area contributed by atoms with Gasteiger partial charge in [-0.15, -0.1) is 0 Å². The molecule has 3 N–H and O–H groups in total. The second-order valence-electron chi connectivity index (χ2n) is 7.76. The Morgan fingerprint density at radius 1 is 1.26 bits per heavy atom. The van der Waals surface area contributed by atoms with Crippen LogP contribution in [0, 0.1) is 12.8 Å². The number of hydrogen-bond donors (Lipinski definition) is 3. The highest BCUT2D eigenvalue weighted by molar-refractivity contribution is 7.97. The summed E-state index contributed by atoms with van der Waals surface area (Å²) in [7, 11) is -3.34. The van der Waals surface area contributed by atoms with Gasteiger partial charge in [0.15, 0.2) is 5.82 Å². The van der Waals surface area contributed by atoms with Crippen molar-refractivity contribution in [2.24, 2.45) is 5.92 Å². The quantitative estimate of drug-likeness (QED) is 0.441. The molecule has 31 heavy (non-hydrogen) atoms. The second kappa shape index (κ2) is 8.67. The van der Waals surface area contributed by atoms with Crippen molar-refractivity contribution in [3.8, 4) is 0 Å². The summed E-state index contributed by atoms with van der Waals surface area (Å²) >= 11 is 1.55. The van der Waals surface area contributed by atoms with Crippen LogP contribution in [-0.2, 0) is 16.6 Å². The summed E-state index contributed by atoms with van der Waals surface area (Å²) in [6, 6.07) is 9.29. The highest BCUT2D eigenvalue weighted by Gasteiger charge is 2.19. The molecule has 3 heterocycles. The van der Waals surface area contributed by atoms with Gasteiger partial charge < -0.3 is 9.62 Å². The first kappa shape index (κ1) is 21.3. The van der Waals surface area contributed by atoms with Gasteiger partial charge in [0.2, 0.25) is 10.0 Å². The minimum absolute atomic E-state index is 0.0685. The summed E-state index contributed by atoms with van der Waals surface area (Å²) in [6.07, 6.45) is 5.68. The van der Waals surface area contributed by atoms with E-state index >= 15 is 0 Å². The zero-order chi connectivity index (χ0) is 22.0. The van der Waals surface area contributed by atoms with Gasteiger partial charge in [0, 0.05) is 34.7 Å². The molecule has 4 rings (SSSR count). The third-order valence-electron chi connectivity index (χ3n) is 4.41. The maximum Gasteiger partial charge on any atom is 0.232 e. The molecule has 1 aliphatic heterocycles. The number of nitrogens with zero attached hydrogens (tertiary/aromatic N) is 4. The van der Waals surface area contributed by atoms with Crippen molar-refractivity contribution in [1.82, 2.24) is 24.1 Å². The number of sulfonamides is 1.